The topological polar surface area (TPSA) is 21.6 Å². The molecule has 24 heavy (non-hydrogen) atoms. The van der Waals surface area contributed by atoms with Crippen molar-refractivity contribution in [2.45, 2.75) is 19.1 Å². The van der Waals surface area contributed by atoms with E-state index in [1.165, 1.54) is 11.1 Å². The Balaban J connectivity index is 1.60. The van der Waals surface area contributed by atoms with Crippen LogP contribution in [0.3, 0.4) is 0 Å². The average molecular weight is 313 g/mol. The highest BCUT2D eigenvalue weighted by Gasteiger charge is 2.24. The van der Waals surface area contributed by atoms with Gasteiger partial charge < -0.3 is 4.74 Å². The van der Waals surface area contributed by atoms with Crippen molar-refractivity contribution >= 4 is 11.4 Å². The Kier molecular flexibility index (Phi) is 4.22. The molecule has 0 N–H and O–H groups in total. The van der Waals surface area contributed by atoms with E-state index in [9.17, 15) is 0 Å². The predicted octanol–water partition coefficient (Wildman–Crippen LogP) is 5.27. The Morgan fingerprint density at radius 2 is 1.46 bits per heavy atom. The van der Waals surface area contributed by atoms with Gasteiger partial charge in [-0.2, -0.15) is 0 Å². The van der Waals surface area contributed by atoms with E-state index in [1.54, 1.807) is 0 Å². The van der Waals surface area contributed by atoms with Crippen molar-refractivity contribution in [1.29, 1.82) is 0 Å². The third-order valence-electron chi connectivity index (χ3n) is 4.29. The van der Waals surface area contributed by atoms with E-state index in [-0.39, 0.29) is 6.10 Å². The Hall–Kier alpha value is -2.71. The van der Waals surface area contributed by atoms with E-state index >= 15 is 0 Å². The molecule has 0 amide bonds. The molecule has 0 spiro atoms. The van der Waals surface area contributed by atoms with Gasteiger partial charge in [0.1, 0.15) is 6.10 Å². The normalized spacial score (nSPS) is 14.1. The molecule has 1 heterocycles. The van der Waals surface area contributed by atoms with Crippen molar-refractivity contribution in [3.63, 3.8) is 0 Å². The number of nitrogens with zero attached hydrogens (tertiary/aromatic N) is 1. The van der Waals surface area contributed by atoms with Crippen LogP contribution in [0, 0.1) is 0 Å². The van der Waals surface area contributed by atoms with Gasteiger partial charge >= 0.3 is 0 Å². The maximum Gasteiger partial charge on any atom is 0.121 e. The Bertz CT molecular complexity index is 840. The van der Waals surface area contributed by atoms with Gasteiger partial charge in [-0.1, -0.05) is 78.9 Å². The number of fused-ring (bicyclic) bond motifs is 1. The molecule has 3 aromatic carbocycles. The molecule has 1 aliphatic rings. The van der Waals surface area contributed by atoms with E-state index in [2.05, 4.69) is 54.6 Å². The van der Waals surface area contributed by atoms with Gasteiger partial charge in [0.05, 0.1) is 18.0 Å². The van der Waals surface area contributed by atoms with Crippen LogP contribution in [0.5, 0.6) is 0 Å². The molecule has 0 aliphatic carbocycles. The van der Waals surface area contributed by atoms with Crippen LogP contribution in [0.4, 0.5) is 5.69 Å². The monoisotopic (exact) mass is 313 g/mol. The molecule has 1 aliphatic heterocycles. The second-order valence-corrected chi connectivity index (χ2v) is 6.00. The summed E-state index contributed by atoms with van der Waals surface area (Å²) >= 11 is 0. The zero-order valence-corrected chi connectivity index (χ0v) is 13.4. The Morgan fingerprint density at radius 3 is 2.21 bits per heavy atom. The standard InChI is InChI=1S/C22H19NO/c1-3-9-17(10-4-1)16-24-22(18-11-5-2-6-12-18)21-15-19-13-7-8-14-20(19)23-21/h1-14,22H,15-16H2. The number of hydrogen-bond acceptors (Lipinski definition) is 2. The van der Waals surface area contributed by atoms with Crippen molar-refractivity contribution in [3.8, 4) is 0 Å². The quantitative estimate of drug-likeness (QED) is 0.628. The molecule has 0 fully saturated rings. The van der Waals surface area contributed by atoms with Crippen LogP contribution in [-0.2, 0) is 17.8 Å². The number of aliphatic imine (C=N–C) groups is 1. The summed E-state index contributed by atoms with van der Waals surface area (Å²) in [4.78, 5) is 4.83. The molecule has 4 rings (SSSR count). The highest BCUT2D eigenvalue weighted by Crippen LogP contribution is 2.33. The highest BCUT2D eigenvalue weighted by molar-refractivity contribution is 5.97. The van der Waals surface area contributed by atoms with E-state index < -0.39 is 0 Å². The van der Waals surface area contributed by atoms with Crippen LogP contribution in [0.2, 0.25) is 0 Å². The molecular formula is C22H19NO. The fourth-order valence-corrected chi connectivity index (χ4v) is 3.08. The van der Waals surface area contributed by atoms with Gasteiger partial charge in [-0.3, -0.25) is 4.99 Å². The smallest absolute Gasteiger partial charge is 0.121 e. The third kappa shape index (κ3) is 3.15. The number of rotatable bonds is 5. The molecule has 0 saturated heterocycles. The zero-order valence-electron chi connectivity index (χ0n) is 13.4. The van der Waals surface area contributed by atoms with Crippen molar-refractivity contribution < 1.29 is 4.74 Å². The van der Waals surface area contributed by atoms with Gasteiger partial charge in [-0.15, -0.1) is 0 Å². The molecular weight excluding hydrogens is 294 g/mol. The lowest BCUT2D eigenvalue weighted by Gasteiger charge is -2.19. The Morgan fingerprint density at radius 1 is 0.792 bits per heavy atom. The summed E-state index contributed by atoms with van der Waals surface area (Å²) in [6.45, 7) is 0.579. The van der Waals surface area contributed by atoms with Crippen molar-refractivity contribution in [2.24, 2.45) is 4.99 Å². The molecule has 118 valence electrons. The van der Waals surface area contributed by atoms with E-state index in [1.807, 2.05) is 30.3 Å². The molecule has 2 heteroatoms. The maximum atomic E-state index is 6.30. The molecule has 0 aromatic heterocycles. The summed E-state index contributed by atoms with van der Waals surface area (Å²) in [7, 11) is 0. The maximum absolute atomic E-state index is 6.30. The molecule has 0 radical (unpaired) electrons. The van der Waals surface area contributed by atoms with Gasteiger partial charge in [0.25, 0.3) is 0 Å². The van der Waals surface area contributed by atoms with Crippen molar-refractivity contribution in [3.05, 3.63) is 102 Å². The molecule has 2 nitrogen and oxygen atoms in total. The first-order chi connectivity index (χ1) is 11.9. The van der Waals surface area contributed by atoms with Gasteiger partial charge in [-0.25, -0.2) is 0 Å². The van der Waals surface area contributed by atoms with Gasteiger partial charge in [0, 0.05) is 6.42 Å². The highest BCUT2D eigenvalue weighted by atomic mass is 16.5. The summed E-state index contributed by atoms with van der Waals surface area (Å²) in [5.41, 5.74) is 5.75. The van der Waals surface area contributed by atoms with E-state index in [0.29, 0.717) is 6.61 Å². The van der Waals surface area contributed by atoms with Gasteiger partial charge in [0.15, 0.2) is 0 Å². The summed E-state index contributed by atoms with van der Waals surface area (Å²) in [5, 5.41) is 0. The number of hydrogen-bond donors (Lipinski definition) is 0. The lowest BCUT2D eigenvalue weighted by atomic mass is 10.0. The van der Waals surface area contributed by atoms with Crippen LogP contribution < -0.4 is 0 Å². The molecule has 1 unspecified atom stereocenters. The van der Waals surface area contributed by atoms with Crippen molar-refractivity contribution in [2.75, 3.05) is 0 Å². The predicted molar refractivity (Wildman–Crippen MR) is 97.7 cm³/mol. The van der Waals surface area contributed by atoms with Crippen LogP contribution >= 0.6 is 0 Å². The average Bonchev–Trinajstić information content (AvgIpc) is 3.07. The first-order valence-corrected chi connectivity index (χ1v) is 8.26. The molecule has 0 saturated carbocycles. The fourth-order valence-electron chi connectivity index (χ4n) is 3.08. The summed E-state index contributed by atoms with van der Waals surface area (Å²) in [6.07, 6.45) is 0.739. The number of ether oxygens (including phenoxy) is 1. The minimum Gasteiger partial charge on any atom is -0.363 e. The largest absolute Gasteiger partial charge is 0.363 e. The lowest BCUT2D eigenvalue weighted by Crippen LogP contribution is -2.16. The second-order valence-electron chi connectivity index (χ2n) is 6.00. The van der Waals surface area contributed by atoms with E-state index in [4.69, 9.17) is 9.73 Å². The van der Waals surface area contributed by atoms with Crippen LogP contribution in [0.1, 0.15) is 22.8 Å². The molecule has 0 bridgehead atoms. The van der Waals surface area contributed by atoms with Crippen LogP contribution in [-0.4, -0.2) is 5.71 Å². The third-order valence-corrected chi connectivity index (χ3v) is 4.29. The first-order valence-electron chi connectivity index (χ1n) is 8.26. The Labute approximate surface area is 142 Å². The SMILES string of the molecule is c1ccc(COC(C2=Nc3ccccc3C2)c2ccccc2)cc1. The molecule has 3 aromatic rings. The van der Waals surface area contributed by atoms with Crippen LogP contribution in [0.25, 0.3) is 0 Å². The fraction of sp³-hybridized carbons (Fsp3) is 0.136. The first kappa shape index (κ1) is 14.9. The zero-order chi connectivity index (χ0) is 16.2. The van der Waals surface area contributed by atoms with E-state index in [0.717, 1.165) is 23.4 Å². The van der Waals surface area contributed by atoms with Crippen molar-refractivity contribution in [1.82, 2.24) is 0 Å². The minimum absolute atomic E-state index is 0.112. The van der Waals surface area contributed by atoms with Crippen LogP contribution in [0.15, 0.2) is 89.9 Å². The molecule has 1 atom stereocenters. The lowest BCUT2D eigenvalue weighted by molar-refractivity contribution is 0.0837. The summed E-state index contributed by atoms with van der Waals surface area (Å²) in [5.74, 6) is 0. The minimum atomic E-state index is -0.112. The number of benzene rings is 3. The van der Waals surface area contributed by atoms with Gasteiger partial charge in [0.2, 0.25) is 0 Å². The second kappa shape index (κ2) is 6.81. The van der Waals surface area contributed by atoms with Gasteiger partial charge in [-0.05, 0) is 22.8 Å². The summed E-state index contributed by atoms with van der Waals surface area (Å²) in [6, 6.07) is 29.0. The number of para-hydroxylation sites is 1. The summed E-state index contributed by atoms with van der Waals surface area (Å²) < 4.78 is 6.30.